The van der Waals surface area contributed by atoms with Gasteiger partial charge in [-0.3, -0.25) is 0 Å². The Balaban J connectivity index is 3.07. The van der Waals surface area contributed by atoms with Crippen molar-refractivity contribution in [1.29, 1.82) is 0 Å². The standard InChI is InChI=1S/C9H9O.3C4H9.Sn/c1-3-8-4-6-9(10-2)7-5-8;3*1-3-4-2;/h4-7H,1H2,2H3;3*1,3-4H2,2H3;. The Morgan fingerprint density at radius 2 is 1.30 bits per heavy atom. The molecule has 130 valence electrons. The third-order valence-corrected chi connectivity index (χ3v) is 20.8. The number of unbranched alkanes of at least 4 members (excludes halogenated alkanes) is 3. The van der Waals surface area contributed by atoms with Gasteiger partial charge in [-0.25, -0.2) is 0 Å². The first kappa shape index (κ1) is 20.6. The van der Waals surface area contributed by atoms with Crippen LogP contribution in [0.25, 0.3) is 3.59 Å². The zero-order chi connectivity index (χ0) is 17.1. The third kappa shape index (κ3) is 6.17. The van der Waals surface area contributed by atoms with Crippen molar-refractivity contribution in [3.05, 3.63) is 36.4 Å². The minimum absolute atomic E-state index is 0.943. The summed E-state index contributed by atoms with van der Waals surface area (Å²) >= 11 is -2.36. The predicted molar refractivity (Wildman–Crippen MR) is 107 cm³/mol. The van der Waals surface area contributed by atoms with Gasteiger partial charge in [0.25, 0.3) is 0 Å². The molecule has 0 fully saturated rings. The van der Waals surface area contributed by atoms with E-state index >= 15 is 0 Å². The Morgan fingerprint density at radius 1 is 0.870 bits per heavy atom. The average molecular weight is 423 g/mol. The normalized spacial score (nSPS) is 11.5. The molecule has 0 aromatic heterocycles. The quantitative estimate of drug-likeness (QED) is 0.326. The summed E-state index contributed by atoms with van der Waals surface area (Å²) in [5, 5.41) is 0. The Kier molecular flexibility index (Phi) is 10.0. The van der Waals surface area contributed by atoms with Crippen LogP contribution in [0.15, 0.2) is 30.8 Å². The average Bonchev–Trinajstić information content (AvgIpc) is 2.61. The van der Waals surface area contributed by atoms with Gasteiger partial charge in [0.2, 0.25) is 0 Å². The molecule has 0 unspecified atom stereocenters. The summed E-state index contributed by atoms with van der Waals surface area (Å²) in [7, 11) is 1.73. The van der Waals surface area contributed by atoms with Crippen LogP contribution in [0.2, 0.25) is 13.3 Å². The van der Waals surface area contributed by atoms with Gasteiger partial charge in [0.05, 0.1) is 0 Å². The van der Waals surface area contributed by atoms with Crippen LogP contribution in [-0.4, -0.2) is 25.5 Å². The van der Waals surface area contributed by atoms with E-state index in [1.807, 2.05) is 0 Å². The van der Waals surface area contributed by atoms with E-state index in [1.54, 1.807) is 10.7 Å². The van der Waals surface area contributed by atoms with Crippen molar-refractivity contribution in [3.8, 4) is 5.75 Å². The molecule has 1 aromatic rings. The summed E-state index contributed by atoms with van der Waals surface area (Å²) in [6.45, 7) is 11.6. The van der Waals surface area contributed by atoms with Gasteiger partial charge in [0.1, 0.15) is 0 Å². The Morgan fingerprint density at radius 3 is 1.65 bits per heavy atom. The monoisotopic (exact) mass is 424 g/mol. The SMILES string of the molecule is C=[C](c1ccc(OC)cc1)[Sn]([CH2]CCC)([CH2]CCC)[CH2]CCC. The number of hydrogen-bond donors (Lipinski definition) is 0. The van der Waals surface area contributed by atoms with Gasteiger partial charge in [-0.1, -0.05) is 0 Å². The molecule has 0 radical (unpaired) electrons. The molecule has 2 heteroatoms. The van der Waals surface area contributed by atoms with Crippen LogP contribution in [0.4, 0.5) is 0 Å². The van der Waals surface area contributed by atoms with E-state index in [9.17, 15) is 0 Å². The van der Waals surface area contributed by atoms with Crippen molar-refractivity contribution in [2.45, 2.75) is 72.6 Å². The topological polar surface area (TPSA) is 9.23 Å². The van der Waals surface area contributed by atoms with Crippen LogP contribution in [0.1, 0.15) is 64.9 Å². The first-order valence-electron chi connectivity index (χ1n) is 9.47. The summed E-state index contributed by atoms with van der Waals surface area (Å²) in [6, 6.07) is 8.65. The van der Waals surface area contributed by atoms with Gasteiger partial charge >= 0.3 is 149 Å². The van der Waals surface area contributed by atoms with Crippen LogP contribution in [0.5, 0.6) is 5.75 Å². The molecule has 1 nitrogen and oxygen atoms in total. The van der Waals surface area contributed by atoms with E-state index in [0.717, 1.165) is 5.75 Å². The van der Waals surface area contributed by atoms with Crippen molar-refractivity contribution < 1.29 is 4.74 Å². The summed E-state index contributed by atoms with van der Waals surface area (Å²) in [4.78, 5) is 0. The molecule has 1 rings (SSSR count). The van der Waals surface area contributed by atoms with Crippen molar-refractivity contribution in [3.63, 3.8) is 0 Å². The second-order valence-corrected chi connectivity index (χ2v) is 20.1. The van der Waals surface area contributed by atoms with E-state index in [2.05, 4.69) is 51.6 Å². The molecule has 0 aliphatic heterocycles. The van der Waals surface area contributed by atoms with E-state index in [-0.39, 0.29) is 0 Å². The molecule has 0 spiro atoms. The molecular weight excluding hydrogens is 387 g/mol. The van der Waals surface area contributed by atoms with Crippen molar-refractivity contribution >= 4 is 22.0 Å². The number of methoxy groups -OCH3 is 1. The molecule has 0 saturated heterocycles. The Labute approximate surface area is 148 Å². The van der Waals surface area contributed by atoms with Crippen LogP contribution < -0.4 is 4.74 Å². The summed E-state index contributed by atoms with van der Waals surface area (Å²) < 4.78 is 11.3. The molecule has 0 saturated carbocycles. The van der Waals surface area contributed by atoms with Gasteiger partial charge in [0.15, 0.2) is 0 Å². The Hall–Kier alpha value is -0.441. The zero-order valence-electron chi connectivity index (χ0n) is 15.8. The van der Waals surface area contributed by atoms with Gasteiger partial charge in [0, 0.05) is 0 Å². The van der Waals surface area contributed by atoms with Crippen LogP contribution >= 0.6 is 0 Å². The summed E-state index contributed by atoms with van der Waals surface area (Å²) in [5.74, 6) is 0.943. The summed E-state index contributed by atoms with van der Waals surface area (Å²) in [5.41, 5.74) is 1.38. The molecule has 0 bridgehead atoms. The van der Waals surface area contributed by atoms with Crippen LogP contribution in [-0.2, 0) is 0 Å². The molecule has 0 atom stereocenters. The Bertz CT molecular complexity index is 428. The van der Waals surface area contributed by atoms with E-state index in [1.165, 1.54) is 57.4 Å². The van der Waals surface area contributed by atoms with Crippen molar-refractivity contribution in [2.24, 2.45) is 0 Å². The summed E-state index contributed by atoms with van der Waals surface area (Å²) in [6.07, 6.45) is 8.10. The van der Waals surface area contributed by atoms with Gasteiger partial charge in [-0.2, -0.15) is 0 Å². The van der Waals surface area contributed by atoms with Crippen LogP contribution in [0.3, 0.4) is 0 Å². The van der Waals surface area contributed by atoms with Gasteiger partial charge in [-0.05, 0) is 0 Å². The fourth-order valence-corrected chi connectivity index (χ4v) is 19.2. The number of ether oxygens (including phenoxy) is 1. The minimum atomic E-state index is -2.36. The molecule has 0 aliphatic carbocycles. The fourth-order valence-electron chi connectivity index (χ4n) is 3.47. The molecule has 0 heterocycles. The van der Waals surface area contributed by atoms with Gasteiger partial charge in [-0.15, -0.1) is 0 Å². The number of rotatable bonds is 12. The van der Waals surface area contributed by atoms with E-state index < -0.39 is 18.4 Å². The second kappa shape index (κ2) is 11.2. The van der Waals surface area contributed by atoms with E-state index in [4.69, 9.17) is 4.74 Å². The zero-order valence-corrected chi connectivity index (χ0v) is 18.6. The molecular formula is C21H36OSn. The number of benzene rings is 1. The first-order valence-corrected chi connectivity index (χ1v) is 17.0. The molecule has 0 amide bonds. The maximum atomic E-state index is 5.32. The van der Waals surface area contributed by atoms with Gasteiger partial charge < -0.3 is 0 Å². The molecule has 0 N–H and O–H groups in total. The molecule has 0 aliphatic rings. The van der Waals surface area contributed by atoms with Crippen molar-refractivity contribution in [1.82, 2.24) is 0 Å². The maximum absolute atomic E-state index is 5.32. The fraction of sp³-hybridized carbons (Fsp3) is 0.619. The second-order valence-electron chi connectivity index (χ2n) is 6.80. The number of hydrogen-bond acceptors (Lipinski definition) is 1. The van der Waals surface area contributed by atoms with Crippen LogP contribution in [0, 0.1) is 0 Å². The molecule has 1 aromatic carbocycles. The third-order valence-electron chi connectivity index (χ3n) is 5.11. The van der Waals surface area contributed by atoms with E-state index in [0.29, 0.717) is 0 Å². The molecule has 23 heavy (non-hydrogen) atoms. The predicted octanol–water partition coefficient (Wildman–Crippen LogP) is 7.10. The first-order chi connectivity index (χ1) is 11.1. The van der Waals surface area contributed by atoms with Crippen molar-refractivity contribution in [2.75, 3.05) is 7.11 Å².